The molecule has 3 saturated heterocycles. The lowest BCUT2D eigenvalue weighted by Gasteiger charge is -2.44. The Morgan fingerprint density at radius 1 is 1.03 bits per heavy atom. The molecule has 0 unspecified atom stereocenters. The van der Waals surface area contributed by atoms with Gasteiger partial charge in [-0.25, -0.2) is 23.7 Å². The van der Waals surface area contributed by atoms with Gasteiger partial charge in [0.25, 0.3) is 0 Å². The fourth-order valence-corrected chi connectivity index (χ4v) is 6.32. The summed E-state index contributed by atoms with van der Waals surface area (Å²) in [6, 6.07) is 5.56. The number of nitrogens with zero attached hydrogens (tertiary/aromatic N) is 7. The van der Waals surface area contributed by atoms with Gasteiger partial charge in [0.05, 0.1) is 25.3 Å². The van der Waals surface area contributed by atoms with E-state index < -0.39 is 6.17 Å². The standard InChI is InChI=1S/C28H34F2N8O/c1-2-38-23(17-35-9-6-19(7-10-35)37-15-18(29)16-37)32-25-27(36-11-13-39-14-12-36)33-26(34-28(25)38)24-20-5-8-31-22(20)4-3-21(24)30/h3-5,8,18-19,31H,2,6-7,9-17H2,1H3. The maximum atomic E-state index is 15.3. The Morgan fingerprint density at radius 2 is 1.82 bits per heavy atom. The second-order valence-corrected chi connectivity index (χ2v) is 10.8. The topological polar surface area (TPSA) is 78.3 Å². The highest BCUT2D eigenvalue weighted by Crippen LogP contribution is 2.34. The smallest absolute Gasteiger partial charge is 0.167 e. The molecule has 3 aliphatic heterocycles. The molecular formula is C28H34F2N8O. The molecule has 0 bridgehead atoms. The van der Waals surface area contributed by atoms with Crippen LogP contribution in [-0.2, 0) is 17.8 Å². The molecule has 6 heterocycles. The van der Waals surface area contributed by atoms with E-state index in [9.17, 15) is 4.39 Å². The number of nitrogens with one attached hydrogen (secondary N) is 1. The van der Waals surface area contributed by atoms with Crippen molar-refractivity contribution in [3.05, 3.63) is 36.0 Å². The van der Waals surface area contributed by atoms with Gasteiger partial charge in [0.1, 0.15) is 17.8 Å². The minimum Gasteiger partial charge on any atom is -0.378 e. The van der Waals surface area contributed by atoms with Gasteiger partial charge in [-0.1, -0.05) is 0 Å². The van der Waals surface area contributed by atoms with Gasteiger partial charge in [-0.05, 0) is 38.0 Å². The van der Waals surface area contributed by atoms with Crippen LogP contribution >= 0.6 is 0 Å². The fourth-order valence-electron chi connectivity index (χ4n) is 6.32. The minimum absolute atomic E-state index is 0.346. The monoisotopic (exact) mass is 536 g/mol. The van der Waals surface area contributed by atoms with Crippen molar-refractivity contribution < 1.29 is 13.5 Å². The Morgan fingerprint density at radius 3 is 2.56 bits per heavy atom. The lowest BCUT2D eigenvalue weighted by molar-refractivity contribution is 0.000836. The first-order chi connectivity index (χ1) is 19.1. The number of alkyl halides is 1. The van der Waals surface area contributed by atoms with Gasteiger partial charge in [-0.15, -0.1) is 0 Å². The molecule has 4 aromatic rings. The number of imidazole rings is 1. The van der Waals surface area contributed by atoms with Crippen molar-refractivity contribution >= 4 is 27.9 Å². The number of aryl methyl sites for hydroxylation is 1. The quantitative estimate of drug-likeness (QED) is 0.404. The summed E-state index contributed by atoms with van der Waals surface area (Å²) in [4.78, 5) is 25.1. The molecule has 0 aliphatic carbocycles. The van der Waals surface area contributed by atoms with Gasteiger partial charge in [0.2, 0.25) is 0 Å². The second kappa shape index (κ2) is 10.1. The number of fused-ring (bicyclic) bond motifs is 2. The number of benzene rings is 1. The van der Waals surface area contributed by atoms with Crippen LogP contribution in [0.4, 0.5) is 14.6 Å². The summed E-state index contributed by atoms with van der Waals surface area (Å²) < 4.78 is 36.4. The van der Waals surface area contributed by atoms with E-state index in [0.29, 0.717) is 69.9 Å². The number of anilines is 1. The first-order valence-corrected chi connectivity index (χ1v) is 14.1. The predicted octanol–water partition coefficient (Wildman–Crippen LogP) is 3.59. The Kier molecular flexibility index (Phi) is 6.44. The first-order valence-electron chi connectivity index (χ1n) is 14.1. The van der Waals surface area contributed by atoms with Crippen molar-refractivity contribution in [1.82, 2.24) is 34.3 Å². The molecule has 3 aromatic heterocycles. The highest BCUT2D eigenvalue weighted by Gasteiger charge is 2.34. The van der Waals surface area contributed by atoms with E-state index in [4.69, 9.17) is 19.7 Å². The third kappa shape index (κ3) is 4.46. The molecule has 7 rings (SSSR count). The van der Waals surface area contributed by atoms with Crippen molar-refractivity contribution in [3.8, 4) is 11.4 Å². The van der Waals surface area contributed by atoms with Crippen LogP contribution in [-0.4, -0.2) is 99.0 Å². The van der Waals surface area contributed by atoms with Crippen LogP contribution in [0.5, 0.6) is 0 Å². The molecule has 3 aliphatic rings. The minimum atomic E-state index is -0.656. The van der Waals surface area contributed by atoms with Crippen LogP contribution in [0.15, 0.2) is 24.4 Å². The Balaban J connectivity index is 1.27. The first kappa shape index (κ1) is 24.9. The molecule has 0 saturated carbocycles. The van der Waals surface area contributed by atoms with Crippen molar-refractivity contribution in [1.29, 1.82) is 0 Å². The molecule has 0 spiro atoms. The molecule has 206 valence electrons. The van der Waals surface area contributed by atoms with E-state index in [0.717, 1.165) is 59.6 Å². The number of aromatic amines is 1. The number of H-pyrrole nitrogens is 1. The average molecular weight is 537 g/mol. The van der Waals surface area contributed by atoms with Crippen LogP contribution in [0.25, 0.3) is 33.5 Å². The Hall–Kier alpha value is -3.15. The summed E-state index contributed by atoms with van der Waals surface area (Å²) in [6.07, 6.45) is 3.24. The Bertz CT molecular complexity index is 1480. The second-order valence-electron chi connectivity index (χ2n) is 10.8. The zero-order chi connectivity index (χ0) is 26.5. The number of hydrogen-bond donors (Lipinski definition) is 1. The molecule has 1 N–H and O–H groups in total. The number of likely N-dealkylation sites (tertiary alicyclic amines) is 2. The number of aromatic nitrogens is 5. The summed E-state index contributed by atoms with van der Waals surface area (Å²) in [5.41, 5.74) is 2.73. The third-order valence-corrected chi connectivity index (χ3v) is 8.49. The average Bonchev–Trinajstić information content (AvgIpc) is 3.56. The number of hydrogen-bond acceptors (Lipinski definition) is 7. The zero-order valence-corrected chi connectivity index (χ0v) is 22.2. The summed E-state index contributed by atoms with van der Waals surface area (Å²) in [7, 11) is 0. The number of morpholine rings is 1. The van der Waals surface area contributed by atoms with Gasteiger partial charge in [0.15, 0.2) is 22.8 Å². The molecule has 3 fully saturated rings. The molecule has 11 heteroatoms. The SMILES string of the molecule is CCn1c(CN2CCC(N3CC(F)C3)CC2)nc2c(N3CCOCC3)nc(-c3c(F)ccc4[nH]ccc34)nc21. The number of piperidine rings is 1. The van der Waals surface area contributed by atoms with Crippen molar-refractivity contribution in [2.24, 2.45) is 0 Å². The van der Waals surface area contributed by atoms with E-state index in [1.54, 1.807) is 6.07 Å². The summed E-state index contributed by atoms with van der Waals surface area (Å²) >= 11 is 0. The van der Waals surface area contributed by atoms with Gasteiger partial charge in [-0.3, -0.25) is 9.80 Å². The molecule has 1 aromatic carbocycles. The van der Waals surface area contributed by atoms with Crippen molar-refractivity contribution in [2.45, 2.75) is 45.1 Å². The Labute approximate surface area is 225 Å². The maximum Gasteiger partial charge on any atom is 0.167 e. The zero-order valence-electron chi connectivity index (χ0n) is 22.2. The number of ether oxygens (including phenoxy) is 1. The van der Waals surface area contributed by atoms with Crippen LogP contribution < -0.4 is 4.90 Å². The molecular weight excluding hydrogens is 502 g/mol. The van der Waals surface area contributed by atoms with E-state index >= 15 is 4.39 Å². The molecule has 0 radical (unpaired) electrons. The van der Waals surface area contributed by atoms with Crippen molar-refractivity contribution in [2.75, 3.05) is 57.4 Å². The predicted molar refractivity (Wildman–Crippen MR) is 146 cm³/mol. The third-order valence-electron chi connectivity index (χ3n) is 8.49. The van der Waals surface area contributed by atoms with Crippen molar-refractivity contribution in [3.63, 3.8) is 0 Å². The van der Waals surface area contributed by atoms with Gasteiger partial charge < -0.3 is 19.2 Å². The van der Waals surface area contributed by atoms with Crippen LogP contribution in [0.1, 0.15) is 25.6 Å². The summed E-state index contributed by atoms with van der Waals surface area (Å²) in [5, 5.41) is 0.759. The summed E-state index contributed by atoms with van der Waals surface area (Å²) in [5.74, 6) is 1.70. The van der Waals surface area contributed by atoms with E-state index in [-0.39, 0.29) is 5.82 Å². The molecule has 0 atom stereocenters. The van der Waals surface area contributed by atoms with Gasteiger partial charge in [0, 0.05) is 69.0 Å². The highest BCUT2D eigenvalue weighted by atomic mass is 19.1. The van der Waals surface area contributed by atoms with E-state index in [1.807, 2.05) is 12.3 Å². The highest BCUT2D eigenvalue weighted by molar-refractivity contribution is 5.95. The molecule has 39 heavy (non-hydrogen) atoms. The summed E-state index contributed by atoms with van der Waals surface area (Å²) in [6.45, 7) is 9.19. The van der Waals surface area contributed by atoms with Crippen LogP contribution in [0.2, 0.25) is 0 Å². The van der Waals surface area contributed by atoms with E-state index in [2.05, 4.69) is 31.2 Å². The normalized spacial score (nSPS) is 20.3. The lowest BCUT2D eigenvalue weighted by Crippen LogP contribution is -2.56. The van der Waals surface area contributed by atoms with E-state index in [1.165, 1.54) is 6.07 Å². The molecule has 0 amide bonds. The fraction of sp³-hybridized carbons (Fsp3) is 0.536. The maximum absolute atomic E-state index is 15.3. The van der Waals surface area contributed by atoms with Crippen LogP contribution in [0.3, 0.4) is 0 Å². The molecule has 9 nitrogen and oxygen atoms in total. The largest absolute Gasteiger partial charge is 0.378 e. The van der Waals surface area contributed by atoms with Gasteiger partial charge in [-0.2, -0.15) is 0 Å². The van der Waals surface area contributed by atoms with Gasteiger partial charge >= 0.3 is 0 Å². The van der Waals surface area contributed by atoms with Crippen LogP contribution in [0, 0.1) is 5.82 Å². The number of rotatable bonds is 6. The number of halogens is 2. The lowest BCUT2D eigenvalue weighted by atomic mass is 9.99.